The van der Waals surface area contributed by atoms with Crippen LogP contribution in [0.15, 0.2) is 24.3 Å². The molecule has 0 heterocycles. The van der Waals surface area contributed by atoms with Gasteiger partial charge in [0.05, 0.1) is 19.6 Å². The SMILES string of the molecule is CCOC(=O)[C@@H]1C([Si](C)(C)C)[C@H]1c1ccc(OC)cc1. The van der Waals surface area contributed by atoms with Gasteiger partial charge in [0.15, 0.2) is 0 Å². The van der Waals surface area contributed by atoms with Crippen molar-refractivity contribution in [3.8, 4) is 5.75 Å². The molecule has 0 aromatic heterocycles. The Hall–Kier alpha value is -1.29. The normalized spacial score (nSPS) is 25.1. The highest BCUT2D eigenvalue weighted by Crippen LogP contribution is 2.64. The summed E-state index contributed by atoms with van der Waals surface area (Å²) in [4.78, 5) is 12.1. The first kappa shape index (κ1) is 15.1. The van der Waals surface area contributed by atoms with E-state index >= 15 is 0 Å². The number of carbonyl (C=O) groups is 1. The van der Waals surface area contributed by atoms with Gasteiger partial charge in [0.1, 0.15) is 5.75 Å². The van der Waals surface area contributed by atoms with Crippen LogP contribution in [-0.2, 0) is 9.53 Å². The molecule has 3 atom stereocenters. The molecule has 1 aliphatic rings. The molecular weight excluding hydrogens is 268 g/mol. The maximum atomic E-state index is 12.1. The Kier molecular flexibility index (Phi) is 4.23. The van der Waals surface area contributed by atoms with Crippen LogP contribution in [0.25, 0.3) is 0 Å². The summed E-state index contributed by atoms with van der Waals surface area (Å²) in [5.41, 5.74) is 1.71. The van der Waals surface area contributed by atoms with Gasteiger partial charge in [-0.15, -0.1) is 0 Å². The molecule has 3 nitrogen and oxygen atoms in total. The molecule has 0 aliphatic heterocycles. The number of benzene rings is 1. The highest BCUT2D eigenvalue weighted by Gasteiger charge is 2.61. The fraction of sp³-hybridized carbons (Fsp3) is 0.562. The van der Waals surface area contributed by atoms with Gasteiger partial charge in [-0.25, -0.2) is 0 Å². The molecule has 1 aromatic rings. The fourth-order valence-corrected chi connectivity index (χ4v) is 5.95. The van der Waals surface area contributed by atoms with Crippen molar-refractivity contribution in [2.75, 3.05) is 13.7 Å². The lowest BCUT2D eigenvalue weighted by molar-refractivity contribution is -0.144. The maximum Gasteiger partial charge on any atom is 0.309 e. The molecule has 20 heavy (non-hydrogen) atoms. The Morgan fingerprint density at radius 2 is 1.80 bits per heavy atom. The van der Waals surface area contributed by atoms with Crippen LogP contribution in [0.1, 0.15) is 18.4 Å². The topological polar surface area (TPSA) is 35.5 Å². The molecule has 0 saturated heterocycles. The Balaban J connectivity index is 2.21. The van der Waals surface area contributed by atoms with Crippen molar-refractivity contribution in [2.24, 2.45) is 5.92 Å². The molecule has 110 valence electrons. The van der Waals surface area contributed by atoms with Crippen LogP contribution in [0.2, 0.25) is 25.2 Å². The molecular formula is C16H24O3Si. The number of esters is 1. The third kappa shape index (κ3) is 2.90. The average Bonchev–Trinajstić information content (AvgIpc) is 3.14. The second kappa shape index (κ2) is 5.60. The Labute approximate surface area is 122 Å². The number of ether oxygens (including phenoxy) is 2. The quantitative estimate of drug-likeness (QED) is 0.613. The van der Waals surface area contributed by atoms with Crippen LogP contribution >= 0.6 is 0 Å². The summed E-state index contributed by atoms with van der Waals surface area (Å²) in [6.07, 6.45) is 0. The summed E-state index contributed by atoms with van der Waals surface area (Å²) in [6, 6.07) is 8.10. The first-order valence-corrected chi connectivity index (χ1v) is 10.8. The molecule has 1 saturated carbocycles. The molecule has 1 unspecified atom stereocenters. The van der Waals surface area contributed by atoms with Crippen LogP contribution in [-0.4, -0.2) is 27.8 Å². The van der Waals surface area contributed by atoms with Crippen LogP contribution in [0.3, 0.4) is 0 Å². The molecule has 0 spiro atoms. The lowest BCUT2D eigenvalue weighted by atomic mass is 10.1. The zero-order chi connectivity index (χ0) is 14.9. The van der Waals surface area contributed by atoms with Crippen molar-refractivity contribution in [2.45, 2.75) is 38.0 Å². The van der Waals surface area contributed by atoms with E-state index in [4.69, 9.17) is 9.47 Å². The zero-order valence-electron chi connectivity index (χ0n) is 13.0. The summed E-state index contributed by atoms with van der Waals surface area (Å²) < 4.78 is 10.4. The third-order valence-corrected chi connectivity index (χ3v) is 6.80. The molecule has 0 bridgehead atoms. The lowest BCUT2D eigenvalue weighted by Crippen LogP contribution is -2.23. The van der Waals surface area contributed by atoms with Crippen LogP contribution in [0.4, 0.5) is 0 Å². The number of carbonyl (C=O) groups excluding carboxylic acids is 1. The molecule has 0 amide bonds. The Morgan fingerprint density at radius 1 is 1.20 bits per heavy atom. The fourth-order valence-electron chi connectivity index (χ4n) is 3.16. The van der Waals surface area contributed by atoms with Gasteiger partial charge in [0.25, 0.3) is 0 Å². The van der Waals surface area contributed by atoms with E-state index in [1.165, 1.54) is 5.56 Å². The van der Waals surface area contributed by atoms with Gasteiger partial charge in [-0.05, 0) is 36.1 Å². The van der Waals surface area contributed by atoms with Gasteiger partial charge >= 0.3 is 5.97 Å². The first-order valence-electron chi connectivity index (χ1n) is 7.20. The monoisotopic (exact) mass is 292 g/mol. The van der Waals surface area contributed by atoms with Crippen molar-refractivity contribution in [3.05, 3.63) is 29.8 Å². The highest BCUT2D eigenvalue weighted by molar-refractivity contribution is 6.79. The van der Waals surface area contributed by atoms with Crippen LogP contribution < -0.4 is 4.74 Å². The zero-order valence-corrected chi connectivity index (χ0v) is 14.0. The summed E-state index contributed by atoms with van der Waals surface area (Å²) in [5, 5.41) is 0. The summed E-state index contributed by atoms with van der Waals surface area (Å²) >= 11 is 0. The van der Waals surface area contributed by atoms with Crippen LogP contribution in [0.5, 0.6) is 5.75 Å². The largest absolute Gasteiger partial charge is 0.497 e. The lowest BCUT2D eigenvalue weighted by Gasteiger charge is -2.16. The van der Waals surface area contributed by atoms with Gasteiger partial charge < -0.3 is 9.47 Å². The number of methoxy groups -OCH3 is 1. The van der Waals surface area contributed by atoms with E-state index in [1.54, 1.807) is 7.11 Å². The van der Waals surface area contributed by atoms with Crippen molar-refractivity contribution in [3.63, 3.8) is 0 Å². The molecule has 1 aliphatic carbocycles. The Morgan fingerprint density at radius 3 is 2.25 bits per heavy atom. The molecule has 0 radical (unpaired) electrons. The average molecular weight is 292 g/mol. The van der Waals surface area contributed by atoms with E-state index in [2.05, 4.69) is 31.8 Å². The van der Waals surface area contributed by atoms with Crippen molar-refractivity contribution in [1.82, 2.24) is 0 Å². The molecule has 2 rings (SSSR count). The molecule has 0 N–H and O–H groups in total. The van der Waals surface area contributed by atoms with E-state index in [1.807, 2.05) is 19.1 Å². The molecule has 4 heteroatoms. The van der Waals surface area contributed by atoms with E-state index in [9.17, 15) is 4.79 Å². The van der Waals surface area contributed by atoms with Gasteiger partial charge in [0.2, 0.25) is 0 Å². The second-order valence-electron chi connectivity index (χ2n) is 6.47. The minimum atomic E-state index is -1.38. The number of rotatable bonds is 5. The maximum absolute atomic E-state index is 12.1. The van der Waals surface area contributed by atoms with Crippen LogP contribution in [0, 0.1) is 5.92 Å². The highest BCUT2D eigenvalue weighted by atomic mass is 28.3. The van der Waals surface area contributed by atoms with Gasteiger partial charge in [-0.2, -0.15) is 0 Å². The van der Waals surface area contributed by atoms with E-state index in [-0.39, 0.29) is 11.9 Å². The first-order chi connectivity index (χ1) is 9.40. The van der Waals surface area contributed by atoms with Crippen molar-refractivity contribution in [1.29, 1.82) is 0 Å². The second-order valence-corrected chi connectivity index (χ2v) is 11.9. The van der Waals surface area contributed by atoms with E-state index < -0.39 is 8.07 Å². The summed E-state index contributed by atoms with van der Waals surface area (Å²) in [7, 11) is 0.287. The van der Waals surface area contributed by atoms with Gasteiger partial charge in [-0.3, -0.25) is 4.79 Å². The number of hydrogen-bond donors (Lipinski definition) is 0. The minimum Gasteiger partial charge on any atom is -0.497 e. The minimum absolute atomic E-state index is 0.0271. The van der Waals surface area contributed by atoms with E-state index in [0.717, 1.165) is 5.75 Å². The van der Waals surface area contributed by atoms with E-state index in [0.29, 0.717) is 18.1 Å². The third-order valence-electron chi connectivity index (χ3n) is 4.08. The smallest absolute Gasteiger partial charge is 0.309 e. The summed E-state index contributed by atoms with van der Waals surface area (Å²) in [5.74, 6) is 1.20. The predicted octanol–water partition coefficient (Wildman–Crippen LogP) is 3.68. The van der Waals surface area contributed by atoms with Crippen molar-refractivity contribution >= 4 is 14.0 Å². The van der Waals surface area contributed by atoms with Crippen molar-refractivity contribution < 1.29 is 14.3 Å². The summed E-state index contributed by atoms with van der Waals surface area (Å²) in [6.45, 7) is 9.31. The predicted molar refractivity (Wildman–Crippen MR) is 83.0 cm³/mol. The van der Waals surface area contributed by atoms with Gasteiger partial charge in [-0.1, -0.05) is 31.8 Å². The Bertz CT molecular complexity index is 475. The molecule has 1 aromatic carbocycles. The number of hydrogen-bond acceptors (Lipinski definition) is 3. The molecule has 1 fully saturated rings. The van der Waals surface area contributed by atoms with Gasteiger partial charge in [0, 0.05) is 8.07 Å². The standard InChI is InChI=1S/C16H24O3Si/c1-6-19-16(17)14-13(15(14)20(3,4)5)11-7-9-12(18-2)10-8-11/h7-10,13-15H,6H2,1-5H3/t13-,14-,15?/m0/s1.